The Labute approximate surface area is 111 Å². The molecular formula is C13H16N4O2. The summed E-state index contributed by atoms with van der Waals surface area (Å²) in [6.45, 7) is 0. The first-order valence-electron chi connectivity index (χ1n) is 5.84. The van der Waals surface area contributed by atoms with Crippen molar-refractivity contribution in [3.63, 3.8) is 0 Å². The molecule has 0 unspecified atom stereocenters. The fraction of sp³-hybridized carbons (Fsp3) is 0.308. The topological polar surface area (TPSA) is 62.0 Å². The third-order valence-corrected chi connectivity index (χ3v) is 2.81. The molecule has 2 rings (SSSR count). The molecule has 0 aliphatic carbocycles. The lowest BCUT2D eigenvalue weighted by molar-refractivity contribution is -0.384. The van der Waals surface area contributed by atoms with Crippen molar-refractivity contribution >= 4 is 22.7 Å². The maximum Gasteiger partial charge on any atom is 0.269 e. The number of nitro benzene ring substituents is 1. The SMILES string of the molecule is CN(C)c1c(N(C)C)c1=Nc1ccc([N+](=O)[O-])cc1. The van der Waals surface area contributed by atoms with E-state index in [1.54, 1.807) is 12.1 Å². The van der Waals surface area contributed by atoms with Crippen LogP contribution in [0.25, 0.3) is 0 Å². The third kappa shape index (κ3) is 2.57. The Morgan fingerprint density at radius 2 is 1.47 bits per heavy atom. The highest BCUT2D eigenvalue weighted by molar-refractivity contribution is 5.84. The summed E-state index contributed by atoms with van der Waals surface area (Å²) in [7, 11) is 7.88. The molecule has 0 atom stereocenters. The first-order valence-corrected chi connectivity index (χ1v) is 5.84. The normalized spacial score (nSPS) is 10.5. The summed E-state index contributed by atoms with van der Waals surface area (Å²) in [5.41, 5.74) is 3.00. The lowest BCUT2D eigenvalue weighted by Crippen LogP contribution is -2.08. The van der Waals surface area contributed by atoms with Gasteiger partial charge < -0.3 is 9.80 Å². The number of benzene rings is 1. The van der Waals surface area contributed by atoms with E-state index in [4.69, 9.17) is 0 Å². The molecule has 100 valence electrons. The van der Waals surface area contributed by atoms with Gasteiger partial charge >= 0.3 is 0 Å². The van der Waals surface area contributed by atoms with Crippen LogP contribution in [0.2, 0.25) is 0 Å². The lowest BCUT2D eigenvalue weighted by atomic mass is 10.3. The van der Waals surface area contributed by atoms with E-state index in [9.17, 15) is 10.1 Å². The molecule has 0 fully saturated rings. The van der Waals surface area contributed by atoms with E-state index in [0.29, 0.717) is 0 Å². The minimum Gasteiger partial charge on any atom is -0.374 e. The van der Waals surface area contributed by atoms with Crippen LogP contribution in [0.15, 0.2) is 29.3 Å². The van der Waals surface area contributed by atoms with Crippen LogP contribution < -0.4 is 15.2 Å². The summed E-state index contributed by atoms with van der Waals surface area (Å²) < 4.78 is 0. The van der Waals surface area contributed by atoms with Crippen molar-refractivity contribution in [2.24, 2.45) is 4.99 Å². The van der Waals surface area contributed by atoms with Gasteiger partial charge in [0.25, 0.3) is 5.69 Å². The molecule has 19 heavy (non-hydrogen) atoms. The average molecular weight is 260 g/mol. The number of rotatable bonds is 4. The van der Waals surface area contributed by atoms with Gasteiger partial charge in [0.1, 0.15) is 5.36 Å². The van der Waals surface area contributed by atoms with Gasteiger partial charge in [-0.2, -0.15) is 0 Å². The Hall–Kier alpha value is -2.37. The predicted octanol–water partition coefficient (Wildman–Crippen LogP) is 1.83. The van der Waals surface area contributed by atoms with Gasteiger partial charge in [-0.1, -0.05) is 0 Å². The predicted molar refractivity (Wildman–Crippen MR) is 75.8 cm³/mol. The van der Waals surface area contributed by atoms with Crippen LogP contribution in [-0.2, 0) is 0 Å². The molecule has 0 aromatic heterocycles. The van der Waals surface area contributed by atoms with Crippen molar-refractivity contribution in [3.8, 4) is 0 Å². The Kier molecular flexibility index (Phi) is 3.25. The van der Waals surface area contributed by atoms with Crippen LogP contribution in [0.3, 0.4) is 0 Å². The number of hydrogen-bond donors (Lipinski definition) is 0. The Morgan fingerprint density at radius 3 is 1.84 bits per heavy atom. The van der Waals surface area contributed by atoms with E-state index < -0.39 is 4.92 Å². The van der Waals surface area contributed by atoms with Gasteiger partial charge in [0.05, 0.1) is 22.0 Å². The van der Waals surface area contributed by atoms with E-state index in [-0.39, 0.29) is 5.69 Å². The average Bonchev–Trinajstić information content (AvgIpc) is 3.04. The minimum atomic E-state index is -0.414. The Bertz CT molecular complexity index is 596. The van der Waals surface area contributed by atoms with Crippen molar-refractivity contribution in [2.75, 3.05) is 38.0 Å². The van der Waals surface area contributed by atoms with E-state index in [2.05, 4.69) is 4.99 Å². The molecule has 2 aromatic carbocycles. The van der Waals surface area contributed by atoms with Gasteiger partial charge in [-0.15, -0.1) is 0 Å². The number of hydrogen-bond acceptors (Lipinski definition) is 5. The molecule has 0 N–H and O–H groups in total. The summed E-state index contributed by atoms with van der Waals surface area (Å²) in [6, 6.07) is 6.24. The molecule has 0 spiro atoms. The fourth-order valence-electron chi connectivity index (χ4n) is 1.89. The molecule has 6 heteroatoms. The second-order valence-electron chi connectivity index (χ2n) is 4.72. The quantitative estimate of drug-likeness (QED) is 0.621. The van der Waals surface area contributed by atoms with Crippen molar-refractivity contribution in [1.29, 1.82) is 0 Å². The molecule has 0 aliphatic heterocycles. The summed E-state index contributed by atoms with van der Waals surface area (Å²) in [6.07, 6.45) is 0. The Morgan fingerprint density at radius 1 is 1.00 bits per heavy atom. The van der Waals surface area contributed by atoms with Crippen molar-refractivity contribution in [3.05, 3.63) is 39.7 Å². The molecule has 0 amide bonds. The second-order valence-corrected chi connectivity index (χ2v) is 4.72. The zero-order valence-electron chi connectivity index (χ0n) is 11.4. The summed E-state index contributed by atoms with van der Waals surface area (Å²) in [5, 5.41) is 11.5. The van der Waals surface area contributed by atoms with Crippen molar-refractivity contribution in [2.45, 2.75) is 0 Å². The van der Waals surface area contributed by atoms with Crippen molar-refractivity contribution in [1.82, 2.24) is 0 Å². The van der Waals surface area contributed by atoms with Gasteiger partial charge in [-0.25, -0.2) is 4.99 Å². The first kappa shape index (κ1) is 13.1. The molecule has 0 bridgehead atoms. The van der Waals surface area contributed by atoms with Crippen LogP contribution in [0.4, 0.5) is 22.7 Å². The van der Waals surface area contributed by atoms with Crippen LogP contribution in [0.5, 0.6) is 0 Å². The lowest BCUT2D eigenvalue weighted by Gasteiger charge is -2.07. The van der Waals surface area contributed by atoms with E-state index in [1.807, 2.05) is 38.0 Å². The Balaban J connectivity index is 2.33. The van der Waals surface area contributed by atoms with Crippen LogP contribution in [-0.4, -0.2) is 33.1 Å². The zero-order chi connectivity index (χ0) is 14.2. The molecule has 0 saturated heterocycles. The maximum atomic E-state index is 10.6. The molecular weight excluding hydrogens is 244 g/mol. The molecule has 0 saturated carbocycles. The second kappa shape index (κ2) is 4.72. The van der Waals surface area contributed by atoms with Gasteiger partial charge in [0.15, 0.2) is 0 Å². The molecule has 0 heterocycles. The number of non-ortho nitro benzene ring substituents is 1. The smallest absolute Gasteiger partial charge is 0.269 e. The van der Waals surface area contributed by atoms with Gasteiger partial charge in [0.2, 0.25) is 0 Å². The van der Waals surface area contributed by atoms with Gasteiger partial charge in [-0.05, 0) is 12.1 Å². The highest BCUT2D eigenvalue weighted by Gasteiger charge is 2.23. The molecule has 0 radical (unpaired) electrons. The van der Waals surface area contributed by atoms with Gasteiger partial charge in [-0.3, -0.25) is 10.1 Å². The zero-order valence-corrected chi connectivity index (χ0v) is 11.4. The number of anilines is 2. The molecule has 0 aliphatic rings. The maximum absolute atomic E-state index is 10.6. The first-order chi connectivity index (χ1) is 8.91. The van der Waals surface area contributed by atoms with E-state index in [0.717, 1.165) is 22.4 Å². The summed E-state index contributed by atoms with van der Waals surface area (Å²) in [4.78, 5) is 18.7. The standard InChI is InChI=1S/C13H16N4O2/c1-15(2)12-11(13(12)16(3)4)14-9-5-7-10(8-6-9)17(18)19/h5-8H,1-4H3. The summed E-state index contributed by atoms with van der Waals surface area (Å²) >= 11 is 0. The van der Waals surface area contributed by atoms with Crippen LogP contribution >= 0.6 is 0 Å². The number of nitrogens with zero attached hydrogens (tertiary/aromatic N) is 4. The monoisotopic (exact) mass is 260 g/mol. The number of nitro groups is 1. The largest absolute Gasteiger partial charge is 0.374 e. The summed E-state index contributed by atoms with van der Waals surface area (Å²) in [5.74, 6) is 0. The van der Waals surface area contributed by atoms with Crippen LogP contribution in [0.1, 0.15) is 0 Å². The van der Waals surface area contributed by atoms with E-state index >= 15 is 0 Å². The molecule has 6 nitrogen and oxygen atoms in total. The van der Waals surface area contributed by atoms with Gasteiger partial charge in [0, 0.05) is 40.3 Å². The molecule has 2 aromatic rings. The highest BCUT2D eigenvalue weighted by Crippen LogP contribution is 2.30. The van der Waals surface area contributed by atoms with E-state index in [1.165, 1.54) is 12.1 Å². The highest BCUT2D eigenvalue weighted by atomic mass is 16.6. The fourth-order valence-corrected chi connectivity index (χ4v) is 1.89. The minimum absolute atomic E-state index is 0.0772. The van der Waals surface area contributed by atoms with Crippen LogP contribution in [0, 0.1) is 10.1 Å². The third-order valence-electron chi connectivity index (χ3n) is 2.81. The van der Waals surface area contributed by atoms with Crippen molar-refractivity contribution < 1.29 is 4.92 Å².